The quantitative estimate of drug-likeness (QED) is 0.369. The molecule has 0 saturated heterocycles. The molecule has 30 heavy (non-hydrogen) atoms. The number of nitrogens with zero attached hydrogens (tertiary/aromatic N) is 4. The largest absolute Gasteiger partial charge is 0.381 e. The van der Waals surface area contributed by atoms with E-state index in [1.54, 1.807) is 36.0 Å². The molecule has 8 nitrogen and oxygen atoms in total. The number of aryl methyl sites for hydroxylation is 3. The summed E-state index contributed by atoms with van der Waals surface area (Å²) in [5.41, 5.74) is 9.14. The van der Waals surface area contributed by atoms with Gasteiger partial charge in [-0.1, -0.05) is 11.2 Å². The van der Waals surface area contributed by atoms with Crippen LogP contribution in [0.2, 0.25) is 0 Å². The second-order valence-corrected chi connectivity index (χ2v) is 6.94. The van der Waals surface area contributed by atoms with E-state index >= 15 is 0 Å². The number of pyridine rings is 1. The van der Waals surface area contributed by atoms with Crippen molar-refractivity contribution in [2.75, 3.05) is 5.32 Å². The topological polar surface area (TPSA) is 107 Å². The van der Waals surface area contributed by atoms with E-state index in [0.29, 0.717) is 11.4 Å². The Morgan fingerprint density at radius 1 is 1.23 bits per heavy atom. The average molecular weight is 410 g/mol. The summed E-state index contributed by atoms with van der Waals surface area (Å²) in [4.78, 5) is 21.7. The van der Waals surface area contributed by atoms with Gasteiger partial charge in [0.25, 0.3) is 5.91 Å². The van der Waals surface area contributed by atoms with Gasteiger partial charge in [-0.05, 0) is 63.6 Å². The van der Waals surface area contributed by atoms with Gasteiger partial charge in [0.2, 0.25) is 6.10 Å². The van der Waals surface area contributed by atoms with E-state index in [9.17, 15) is 9.18 Å². The summed E-state index contributed by atoms with van der Waals surface area (Å²) in [6.07, 6.45) is 0.562. The average Bonchev–Trinajstić information content (AvgIpc) is 3.06. The summed E-state index contributed by atoms with van der Waals surface area (Å²) < 4.78 is 15.6. The minimum absolute atomic E-state index is 0.0589. The van der Waals surface area contributed by atoms with E-state index in [1.165, 1.54) is 19.1 Å². The summed E-state index contributed by atoms with van der Waals surface area (Å²) in [6.45, 7) is 7.09. The van der Waals surface area contributed by atoms with E-state index < -0.39 is 17.8 Å². The van der Waals surface area contributed by atoms with Gasteiger partial charge in [-0.15, -0.1) is 0 Å². The maximum atomic E-state index is 13.9. The number of halogens is 1. The molecule has 1 atom stereocenters. The second-order valence-electron chi connectivity index (χ2n) is 6.94. The first-order valence-corrected chi connectivity index (χ1v) is 9.31. The first-order chi connectivity index (χ1) is 14.2. The predicted molar refractivity (Wildman–Crippen MR) is 112 cm³/mol. The Bertz CT molecular complexity index is 1090. The fourth-order valence-corrected chi connectivity index (χ4v) is 2.72. The maximum absolute atomic E-state index is 13.9. The van der Waals surface area contributed by atoms with Crippen molar-refractivity contribution in [3.8, 4) is 5.82 Å². The molecule has 3 N–H and O–H groups in total. The van der Waals surface area contributed by atoms with E-state index in [-0.39, 0.29) is 11.5 Å². The lowest BCUT2D eigenvalue weighted by Gasteiger charge is -2.12. The van der Waals surface area contributed by atoms with Crippen LogP contribution in [-0.4, -0.2) is 32.6 Å². The van der Waals surface area contributed by atoms with E-state index in [4.69, 9.17) is 10.6 Å². The summed E-state index contributed by atoms with van der Waals surface area (Å²) in [7, 11) is 0. The molecule has 3 aromatic rings. The summed E-state index contributed by atoms with van der Waals surface area (Å²) in [6, 6.07) is 9.96. The van der Waals surface area contributed by atoms with Crippen molar-refractivity contribution in [3.63, 3.8) is 0 Å². The van der Waals surface area contributed by atoms with Gasteiger partial charge in [0, 0.05) is 17.5 Å². The lowest BCUT2D eigenvalue weighted by atomic mass is 10.2. The molecule has 0 saturated carbocycles. The van der Waals surface area contributed by atoms with Gasteiger partial charge in [-0.25, -0.2) is 14.1 Å². The van der Waals surface area contributed by atoms with Gasteiger partial charge >= 0.3 is 0 Å². The number of rotatable bonds is 6. The zero-order valence-electron chi connectivity index (χ0n) is 17.2. The molecule has 156 valence electrons. The van der Waals surface area contributed by atoms with Gasteiger partial charge in [0.15, 0.2) is 11.7 Å². The number of benzene rings is 1. The van der Waals surface area contributed by atoms with Crippen LogP contribution in [0.4, 0.5) is 10.1 Å². The Kier molecular flexibility index (Phi) is 6.10. The second kappa shape index (κ2) is 8.73. The van der Waals surface area contributed by atoms with Gasteiger partial charge < -0.3 is 15.9 Å². The van der Waals surface area contributed by atoms with Gasteiger partial charge in [-0.3, -0.25) is 4.79 Å². The lowest BCUT2D eigenvalue weighted by Crippen LogP contribution is -2.28. The zero-order valence-corrected chi connectivity index (χ0v) is 17.2. The first-order valence-electron chi connectivity index (χ1n) is 9.31. The molecule has 1 unspecified atom stereocenters. The number of oxime groups is 1. The Morgan fingerprint density at radius 3 is 2.60 bits per heavy atom. The minimum Gasteiger partial charge on any atom is -0.381 e. The summed E-state index contributed by atoms with van der Waals surface area (Å²) in [5, 5.41) is 10.6. The fourth-order valence-electron chi connectivity index (χ4n) is 2.72. The van der Waals surface area contributed by atoms with Gasteiger partial charge in [-0.2, -0.15) is 5.10 Å². The predicted octanol–water partition coefficient (Wildman–Crippen LogP) is 3.00. The molecule has 0 aliphatic rings. The Morgan fingerprint density at radius 2 is 2.00 bits per heavy atom. The highest BCUT2D eigenvalue weighted by Crippen LogP contribution is 2.16. The van der Waals surface area contributed by atoms with Crippen LogP contribution in [0.5, 0.6) is 0 Å². The van der Waals surface area contributed by atoms with Gasteiger partial charge in [0.1, 0.15) is 5.82 Å². The van der Waals surface area contributed by atoms with Crippen molar-refractivity contribution in [2.45, 2.75) is 33.8 Å². The van der Waals surface area contributed by atoms with Crippen molar-refractivity contribution in [3.05, 3.63) is 70.9 Å². The normalized spacial score (nSPS) is 12.5. The van der Waals surface area contributed by atoms with Crippen LogP contribution in [0.3, 0.4) is 0 Å². The highest BCUT2D eigenvalue weighted by atomic mass is 19.1. The number of amidine groups is 1. The third kappa shape index (κ3) is 4.80. The van der Waals surface area contributed by atoms with E-state index in [0.717, 1.165) is 17.0 Å². The van der Waals surface area contributed by atoms with Crippen molar-refractivity contribution in [1.29, 1.82) is 0 Å². The highest BCUT2D eigenvalue weighted by Gasteiger charge is 2.17. The number of carbonyl (C=O) groups is 1. The van der Waals surface area contributed by atoms with Crippen LogP contribution in [-0.2, 0) is 9.63 Å². The standard InChI is InChI=1S/C21H23FN6O2/c1-12-5-7-18(17(22)9-12)25-21(29)15(4)30-27-20(23)16-6-8-19(24-11-16)28-14(3)10-13(2)26-28/h5-11,15H,1-4H3,(H2,23,27)(H,25,29). The molecule has 0 aliphatic heterocycles. The molecular weight excluding hydrogens is 387 g/mol. The molecule has 3 rings (SSSR count). The molecule has 0 bridgehead atoms. The number of nitrogens with two attached hydrogens (primary N) is 1. The molecule has 0 fully saturated rings. The third-order valence-corrected chi connectivity index (χ3v) is 4.33. The van der Waals surface area contributed by atoms with Crippen LogP contribution in [0.15, 0.2) is 47.8 Å². The molecule has 0 aliphatic carbocycles. The van der Waals surface area contributed by atoms with Crippen molar-refractivity contribution >= 4 is 17.4 Å². The van der Waals surface area contributed by atoms with Crippen LogP contribution < -0.4 is 11.1 Å². The number of amides is 1. The zero-order chi connectivity index (χ0) is 21.8. The van der Waals surface area contributed by atoms with Crippen molar-refractivity contribution < 1.29 is 14.0 Å². The van der Waals surface area contributed by atoms with E-state index in [2.05, 4.69) is 20.6 Å². The Labute approximate surface area is 173 Å². The summed E-state index contributed by atoms with van der Waals surface area (Å²) >= 11 is 0. The lowest BCUT2D eigenvalue weighted by molar-refractivity contribution is -0.126. The van der Waals surface area contributed by atoms with E-state index in [1.807, 2.05) is 19.9 Å². The molecule has 1 aromatic carbocycles. The molecule has 2 aromatic heterocycles. The minimum atomic E-state index is -0.980. The van der Waals surface area contributed by atoms with Crippen LogP contribution in [0.25, 0.3) is 5.82 Å². The number of anilines is 1. The molecular formula is C21H23FN6O2. The maximum Gasteiger partial charge on any atom is 0.268 e. The summed E-state index contributed by atoms with van der Waals surface area (Å²) in [5.74, 6) is -0.367. The third-order valence-electron chi connectivity index (χ3n) is 4.33. The first kappa shape index (κ1) is 21.0. The Balaban J connectivity index is 1.63. The van der Waals surface area contributed by atoms with Crippen molar-refractivity contribution in [1.82, 2.24) is 14.8 Å². The van der Waals surface area contributed by atoms with Crippen molar-refractivity contribution in [2.24, 2.45) is 10.9 Å². The number of hydrogen-bond acceptors (Lipinski definition) is 5. The SMILES string of the molecule is Cc1ccc(NC(=O)C(C)ON=C(N)c2ccc(-n3nc(C)cc3C)nc2)c(F)c1. The fraction of sp³-hybridized carbons (Fsp3) is 0.238. The number of nitrogens with one attached hydrogen (secondary N) is 1. The molecule has 0 radical (unpaired) electrons. The Hall–Kier alpha value is -3.75. The van der Waals surface area contributed by atoms with Crippen LogP contribution >= 0.6 is 0 Å². The molecule has 2 heterocycles. The number of carbonyl (C=O) groups excluding carboxylic acids is 1. The highest BCUT2D eigenvalue weighted by molar-refractivity contribution is 5.97. The molecule has 9 heteroatoms. The number of hydrogen-bond donors (Lipinski definition) is 2. The van der Waals surface area contributed by atoms with Crippen LogP contribution in [0.1, 0.15) is 29.4 Å². The van der Waals surface area contributed by atoms with Crippen LogP contribution in [0, 0.1) is 26.6 Å². The number of aromatic nitrogens is 3. The molecule has 1 amide bonds. The molecule has 0 spiro atoms. The monoisotopic (exact) mass is 410 g/mol. The van der Waals surface area contributed by atoms with Gasteiger partial charge in [0.05, 0.1) is 11.4 Å². The smallest absolute Gasteiger partial charge is 0.268 e.